The van der Waals surface area contributed by atoms with E-state index >= 15 is 0 Å². The number of hydrogen-bond donors (Lipinski definition) is 2. The van der Waals surface area contributed by atoms with E-state index < -0.39 is 0 Å². The summed E-state index contributed by atoms with van der Waals surface area (Å²) in [7, 11) is 1.52. The summed E-state index contributed by atoms with van der Waals surface area (Å²) in [6.07, 6.45) is 0. The molecule has 0 aliphatic heterocycles. The second kappa shape index (κ2) is 10.7. The van der Waals surface area contributed by atoms with Gasteiger partial charge in [-0.05, 0) is 48.9 Å². The number of carbonyl (C=O) groups is 2. The van der Waals surface area contributed by atoms with E-state index in [0.717, 1.165) is 11.1 Å². The van der Waals surface area contributed by atoms with Gasteiger partial charge in [0.25, 0.3) is 5.91 Å². The molecule has 166 valence electrons. The Hall–Kier alpha value is -3.51. The summed E-state index contributed by atoms with van der Waals surface area (Å²) < 4.78 is 11.3. The van der Waals surface area contributed by atoms with Gasteiger partial charge in [-0.2, -0.15) is 0 Å². The van der Waals surface area contributed by atoms with Crippen molar-refractivity contribution < 1.29 is 19.1 Å². The highest BCUT2D eigenvalue weighted by atomic mass is 35.5. The average molecular weight is 453 g/mol. The molecule has 0 bridgehead atoms. The highest BCUT2D eigenvalue weighted by Crippen LogP contribution is 2.30. The summed E-state index contributed by atoms with van der Waals surface area (Å²) in [6, 6.07) is 19.5. The number of nitrogens with one attached hydrogen (secondary N) is 2. The number of amides is 2. The molecule has 0 aliphatic carbocycles. The van der Waals surface area contributed by atoms with E-state index in [2.05, 4.69) is 10.6 Å². The molecule has 0 aliphatic rings. The lowest BCUT2D eigenvalue weighted by atomic mass is 10.1. The number of methoxy groups -OCH3 is 1. The number of benzene rings is 3. The monoisotopic (exact) mass is 452 g/mol. The molecule has 0 saturated heterocycles. The number of ether oxygens (including phenoxy) is 2. The Labute approximate surface area is 192 Å². The minimum atomic E-state index is -0.265. The van der Waals surface area contributed by atoms with Crippen molar-refractivity contribution in [2.24, 2.45) is 0 Å². The molecule has 6 nitrogen and oxygen atoms in total. The van der Waals surface area contributed by atoms with Gasteiger partial charge in [-0.25, -0.2) is 0 Å². The Balaban J connectivity index is 1.69. The molecule has 0 heterocycles. The molecule has 3 aromatic carbocycles. The van der Waals surface area contributed by atoms with Crippen LogP contribution in [-0.2, 0) is 11.4 Å². The van der Waals surface area contributed by atoms with E-state index in [1.54, 1.807) is 30.3 Å². The summed E-state index contributed by atoms with van der Waals surface area (Å²) in [5, 5.41) is 6.33. The van der Waals surface area contributed by atoms with Crippen LogP contribution in [0.15, 0.2) is 66.7 Å². The third-order valence-corrected chi connectivity index (χ3v) is 5.19. The van der Waals surface area contributed by atoms with Crippen molar-refractivity contribution in [1.82, 2.24) is 5.32 Å². The first-order chi connectivity index (χ1) is 15.4. The Kier molecular flexibility index (Phi) is 7.73. The molecule has 1 atom stereocenters. The van der Waals surface area contributed by atoms with Crippen LogP contribution in [0.25, 0.3) is 0 Å². The Morgan fingerprint density at radius 2 is 1.78 bits per heavy atom. The standard InChI is InChI=1S/C25H25ClN2O4/c1-16(18-8-6-9-21(13-18)28-17(2)29)27-25(30)19-11-12-23(24(14-19)31-3)32-15-20-7-4-5-10-22(20)26/h4-14,16H,15H2,1-3H3,(H,27,30)(H,28,29). The number of halogens is 1. The normalized spacial score (nSPS) is 11.4. The maximum atomic E-state index is 12.8. The van der Waals surface area contributed by atoms with Gasteiger partial charge in [0.05, 0.1) is 13.2 Å². The molecule has 2 amide bonds. The van der Waals surface area contributed by atoms with Crippen LogP contribution in [0.2, 0.25) is 5.02 Å². The average Bonchev–Trinajstić information content (AvgIpc) is 2.78. The lowest BCUT2D eigenvalue weighted by molar-refractivity contribution is -0.114. The molecule has 0 spiro atoms. The molecule has 1 unspecified atom stereocenters. The topological polar surface area (TPSA) is 76.7 Å². The zero-order chi connectivity index (χ0) is 23.1. The predicted octanol–water partition coefficient (Wildman–Crippen LogP) is 5.38. The first kappa shape index (κ1) is 23.2. The highest BCUT2D eigenvalue weighted by Gasteiger charge is 2.15. The summed E-state index contributed by atoms with van der Waals surface area (Å²) in [5.41, 5.74) is 2.85. The van der Waals surface area contributed by atoms with Crippen LogP contribution in [-0.4, -0.2) is 18.9 Å². The van der Waals surface area contributed by atoms with E-state index in [1.165, 1.54) is 14.0 Å². The fourth-order valence-electron chi connectivity index (χ4n) is 3.15. The van der Waals surface area contributed by atoms with Gasteiger partial charge in [-0.3, -0.25) is 9.59 Å². The van der Waals surface area contributed by atoms with E-state index in [1.807, 2.05) is 43.3 Å². The maximum absolute atomic E-state index is 12.8. The molecule has 2 N–H and O–H groups in total. The molecule has 0 aromatic heterocycles. The second-order valence-corrected chi connectivity index (χ2v) is 7.65. The molecule has 0 fully saturated rings. The van der Waals surface area contributed by atoms with Crippen molar-refractivity contribution in [3.8, 4) is 11.5 Å². The molecule has 0 saturated carbocycles. The van der Waals surface area contributed by atoms with Gasteiger partial charge in [0.1, 0.15) is 6.61 Å². The Bertz CT molecular complexity index is 1120. The van der Waals surface area contributed by atoms with Crippen LogP contribution in [0.4, 0.5) is 5.69 Å². The molecular weight excluding hydrogens is 428 g/mol. The Morgan fingerprint density at radius 1 is 1.00 bits per heavy atom. The van der Waals surface area contributed by atoms with Gasteiger partial charge in [-0.15, -0.1) is 0 Å². The number of hydrogen-bond acceptors (Lipinski definition) is 4. The zero-order valence-electron chi connectivity index (χ0n) is 18.1. The first-order valence-corrected chi connectivity index (χ1v) is 10.5. The minimum Gasteiger partial charge on any atom is -0.493 e. The summed E-state index contributed by atoms with van der Waals surface area (Å²) in [4.78, 5) is 24.1. The Morgan fingerprint density at radius 3 is 2.50 bits per heavy atom. The smallest absolute Gasteiger partial charge is 0.251 e. The minimum absolute atomic E-state index is 0.150. The van der Waals surface area contributed by atoms with E-state index in [0.29, 0.717) is 27.8 Å². The van der Waals surface area contributed by atoms with Crippen molar-refractivity contribution in [2.75, 3.05) is 12.4 Å². The largest absolute Gasteiger partial charge is 0.493 e. The quantitative estimate of drug-likeness (QED) is 0.481. The summed E-state index contributed by atoms with van der Waals surface area (Å²) in [5.74, 6) is 0.561. The van der Waals surface area contributed by atoms with E-state index in [9.17, 15) is 9.59 Å². The van der Waals surface area contributed by atoms with Gasteiger partial charge < -0.3 is 20.1 Å². The van der Waals surface area contributed by atoms with Crippen LogP contribution in [0.1, 0.15) is 41.4 Å². The number of anilines is 1. The first-order valence-electron chi connectivity index (χ1n) is 10.1. The van der Waals surface area contributed by atoms with Crippen molar-refractivity contribution in [2.45, 2.75) is 26.5 Å². The third-order valence-electron chi connectivity index (χ3n) is 4.82. The maximum Gasteiger partial charge on any atom is 0.251 e. The fourth-order valence-corrected chi connectivity index (χ4v) is 3.34. The van der Waals surface area contributed by atoms with Crippen LogP contribution in [0, 0.1) is 0 Å². The molecule has 3 rings (SSSR count). The molecule has 0 radical (unpaired) electrons. The van der Waals surface area contributed by atoms with Gasteiger partial charge in [0.15, 0.2) is 11.5 Å². The van der Waals surface area contributed by atoms with Gasteiger partial charge in [-0.1, -0.05) is 41.9 Å². The van der Waals surface area contributed by atoms with E-state index in [-0.39, 0.29) is 24.5 Å². The fraction of sp³-hybridized carbons (Fsp3) is 0.200. The van der Waals surface area contributed by atoms with E-state index in [4.69, 9.17) is 21.1 Å². The highest BCUT2D eigenvalue weighted by molar-refractivity contribution is 6.31. The van der Waals surface area contributed by atoms with Crippen molar-refractivity contribution in [3.05, 3.63) is 88.4 Å². The second-order valence-electron chi connectivity index (χ2n) is 7.25. The van der Waals surface area contributed by atoms with Crippen molar-refractivity contribution in [1.29, 1.82) is 0 Å². The zero-order valence-corrected chi connectivity index (χ0v) is 18.9. The molecule has 3 aromatic rings. The van der Waals surface area contributed by atoms with Crippen molar-refractivity contribution in [3.63, 3.8) is 0 Å². The van der Waals surface area contributed by atoms with Gasteiger partial charge >= 0.3 is 0 Å². The van der Waals surface area contributed by atoms with Crippen molar-refractivity contribution >= 4 is 29.1 Å². The molecular formula is C25H25ClN2O4. The SMILES string of the molecule is COc1cc(C(=O)NC(C)c2cccc(NC(C)=O)c2)ccc1OCc1ccccc1Cl. The predicted molar refractivity (Wildman–Crippen MR) is 125 cm³/mol. The van der Waals surface area contributed by atoms with Crippen LogP contribution < -0.4 is 20.1 Å². The third kappa shape index (κ3) is 6.02. The van der Waals surface area contributed by atoms with Crippen LogP contribution in [0.3, 0.4) is 0 Å². The molecule has 32 heavy (non-hydrogen) atoms. The van der Waals surface area contributed by atoms with Gasteiger partial charge in [0.2, 0.25) is 5.91 Å². The van der Waals surface area contributed by atoms with Crippen LogP contribution >= 0.6 is 11.6 Å². The summed E-state index contributed by atoms with van der Waals surface area (Å²) in [6.45, 7) is 3.61. The molecule has 7 heteroatoms. The van der Waals surface area contributed by atoms with Gasteiger partial charge in [0, 0.05) is 28.8 Å². The summed E-state index contributed by atoms with van der Waals surface area (Å²) >= 11 is 6.18. The number of rotatable bonds is 8. The lowest BCUT2D eigenvalue weighted by Crippen LogP contribution is -2.26. The lowest BCUT2D eigenvalue weighted by Gasteiger charge is -2.17. The number of carbonyl (C=O) groups excluding carboxylic acids is 2. The van der Waals surface area contributed by atoms with Crippen LogP contribution in [0.5, 0.6) is 11.5 Å².